The summed E-state index contributed by atoms with van der Waals surface area (Å²) in [5, 5.41) is 0.308. The lowest BCUT2D eigenvalue weighted by atomic mass is 9.99. The van der Waals surface area contributed by atoms with Gasteiger partial charge in [0.25, 0.3) is 10.0 Å². The van der Waals surface area contributed by atoms with Crippen LogP contribution in [0.25, 0.3) is 33.2 Å². The van der Waals surface area contributed by atoms with Gasteiger partial charge in [-0.2, -0.15) is 0 Å². The number of benzene rings is 3. The number of nitrogens with one attached hydrogen (secondary N) is 2. The molecule has 218 valence electrons. The first kappa shape index (κ1) is 28.0. The molecule has 3 aromatic heterocycles. The maximum absolute atomic E-state index is 15.6. The van der Waals surface area contributed by atoms with Crippen LogP contribution >= 0.6 is 0 Å². The molecule has 0 unspecified atom stereocenters. The molecule has 43 heavy (non-hydrogen) atoms. The number of aryl methyl sites for hydroxylation is 1. The molecule has 0 fully saturated rings. The van der Waals surface area contributed by atoms with E-state index in [0.29, 0.717) is 16.6 Å². The highest BCUT2D eigenvalue weighted by atomic mass is 32.2. The van der Waals surface area contributed by atoms with Crippen molar-refractivity contribution in [2.24, 2.45) is 7.05 Å². The lowest BCUT2D eigenvalue weighted by Crippen LogP contribution is -2.16. The average Bonchev–Trinajstić information content (AvgIpc) is 3.55. The van der Waals surface area contributed by atoms with Gasteiger partial charge >= 0.3 is 0 Å². The number of hydrogen-bond acceptors (Lipinski definition) is 6. The van der Waals surface area contributed by atoms with Crippen molar-refractivity contribution in [2.45, 2.75) is 4.90 Å². The van der Waals surface area contributed by atoms with Crippen LogP contribution in [0.4, 0.5) is 24.8 Å². The molecule has 0 amide bonds. The first-order chi connectivity index (χ1) is 20.4. The summed E-state index contributed by atoms with van der Waals surface area (Å²) >= 11 is 0. The largest absolute Gasteiger partial charge is 0.348 e. The summed E-state index contributed by atoms with van der Waals surface area (Å²) in [6.45, 7) is 0. The van der Waals surface area contributed by atoms with Crippen molar-refractivity contribution in [3.63, 3.8) is 0 Å². The van der Waals surface area contributed by atoms with Gasteiger partial charge in [-0.3, -0.25) is 9.52 Å². The van der Waals surface area contributed by atoms with E-state index in [1.807, 2.05) is 53.5 Å². The van der Waals surface area contributed by atoms with Gasteiger partial charge in [0, 0.05) is 50.0 Å². The van der Waals surface area contributed by atoms with Gasteiger partial charge in [0.1, 0.15) is 17.3 Å². The fraction of sp³-hybridized carbons (Fsp3) is 0.100. The summed E-state index contributed by atoms with van der Waals surface area (Å²) in [4.78, 5) is 26.9. The zero-order valence-electron chi connectivity index (χ0n) is 23.0. The monoisotopic (exact) mass is 604 g/mol. The van der Waals surface area contributed by atoms with Crippen LogP contribution in [0.3, 0.4) is 0 Å². The van der Waals surface area contributed by atoms with Crippen molar-refractivity contribution in [1.82, 2.24) is 19.5 Å². The van der Waals surface area contributed by atoms with Crippen LogP contribution in [0.2, 0.25) is 0 Å². The fourth-order valence-electron chi connectivity index (χ4n) is 4.93. The fourth-order valence-corrected chi connectivity index (χ4v) is 6.02. The van der Waals surface area contributed by atoms with E-state index < -0.39 is 49.4 Å². The molecular formula is C30H23F3N6O3S. The summed E-state index contributed by atoms with van der Waals surface area (Å²) in [7, 11) is 1.25. The van der Waals surface area contributed by atoms with Crippen molar-refractivity contribution in [3.8, 4) is 11.1 Å². The predicted molar refractivity (Wildman–Crippen MR) is 157 cm³/mol. The van der Waals surface area contributed by atoms with Crippen molar-refractivity contribution in [2.75, 3.05) is 23.7 Å². The average molecular weight is 605 g/mol. The minimum absolute atomic E-state index is 0.0684. The van der Waals surface area contributed by atoms with Gasteiger partial charge in [-0.1, -0.05) is 12.1 Å². The molecule has 13 heteroatoms. The van der Waals surface area contributed by atoms with Gasteiger partial charge < -0.3 is 14.5 Å². The van der Waals surface area contributed by atoms with E-state index >= 15 is 4.39 Å². The van der Waals surface area contributed by atoms with Crippen LogP contribution in [0.5, 0.6) is 0 Å². The van der Waals surface area contributed by atoms with Gasteiger partial charge in [-0.25, -0.2) is 31.6 Å². The standard InChI is InChI=1S/C30H23F3N6O3S/c1-38(2)30-36-24-12-16(7-10-25(24)39(30)3)17-11-20-21(15-35-29(20)34-14-17)28(40)26-22(32)8-9-23(27(26)33)37-43(41,42)19-6-4-5-18(31)13-19/h4-15,37H,1-3H3,(H,34,35). The van der Waals surface area contributed by atoms with Crippen LogP contribution in [0.15, 0.2) is 78.0 Å². The first-order valence-electron chi connectivity index (χ1n) is 12.9. The Labute approximate surface area is 243 Å². The second-order valence-corrected chi connectivity index (χ2v) is 11.7. The molecule has 6 aromatic rings. The molecular weight excluding hydrogens is 581 g/mol. The van der Waals surface area contributed by atoms with Gasteiger partial charge in [-0.15, -0.1) is 0 Å². The normalized spacial score (nSPS) is 11.8. The molecule has 0 aliphatic carbocycles. The van der Waals surface area contributed by atoms with Crippen LogP contribution in [0, 0.1) is 17.5 Å². The maximum Gasteiger partial charge on any atom is 0.262 e. The van der Waals surface area contributed by atoms with Crippen LogP contribution in [0.1, 0.15) is 15.9 Å². The number of H-pyrrole nitrogens is 1. The second kappa shape index (κ2) is 10.3. The number of carbonyl (C=O) groups excluding carboxylic acids is 1. The van der Waals surface area contributed by atoms with E-state index in [0.717, 1.165) is 52.9 Å². The third-order valence-corrected chi connectivity index (χ3v) is 8.40. The number of pyridine rings is 1. The Morgan fingerprint density at radius 3 is 2.53 bits per heavy atom. The third kappa shape index (κ3) is 4.87. The molecule has 2 N–H and O–H groups in total. The number of fused-ring (bicyclic) bond motifs is 2. The number of imidazole rings is 1. The van der Waals surface area contributed by atoms with Gasteiger partial charge in [0.05, 0.1) is 27.2 Å². The van der Waals surface area contributed by atoms with E-state index in [9.17, 15) is 22.0 Å². The molecule has 3 aromatic carbocycles. The smallest absolute Gasteiger partial charge is 0.262 e. The number of aromatic amines is 1. The Morgan fingerprint density at radius 2 is 1.79 bits per heavy atom. The number of sulfonamides is 1. The SMILES string of the molecule is CN(C)c1nc2cc(-c3cnc4[nH]cc(C(=O)c5c(F)ccc(NS(=O)(=O)c6cccc(F)c6)c5F)c4c3)ccc2n1C. The van der Waals surface area contributed by atoms with Crippen LogP contribution in [-0.4, -0.2) is 47.8 Å². The minimum Gasteiger partial charge on any atom is -0.348 e. The van der Waals surface area contributed by atoms with E-state index in [2.05, 4.69) is 15.0 Å². The number of aromatic nitrogens is 4. The second-order valence-electron chi connectivity index (χ2n) is 10.1. The molecule has 6 rings (SSSR count). The zero-order chi connectivity index (χ0) is 30.6. The molecule has 0 spiro atoms. The predicted octanol–water partition coefficient (Wildman–Crippen LogP) is 5.63. The highest BCUT2D eigenvalue weighted by molar-refractivity contribution is 7.92. The number of carbonyl (C=O) groups is 1. The van der Waals surface area contributed by atoms with Gasteiger partial charge in [-0.05, 0) is 54.1 Å². The Hall–Kier alpha value is -5.17. The topological polar surface area (TPSA) is 113 Å². The molecule has 0 atom stereocenters. The summed E-state index contributed by atoms with van der Waals surface area (Å²) < 4.78 is 73.5. The third-order valence-electron chi connectivity index (χ3n) is 7.04. The van der Waals surface area contributed by atoms with E-state index in [1.165, 1.54) is 12.3 Å². The molecule has 9 nitrogen and oxygen atoms in total. The minimum atomic E-state index is -4.45. The molecule has 0 saturated heterocycles. The first-order valence-corrected chi connectivity index (χ1v) is 14.4. The molecule has 3 heterocycles. The van der Waals surface area contributed by atoms with Crippen molar-refractivity contribution in [1.29, 1.82) is 0 Å². The lowest BCUT2D eigenvalue weighted by molar-refractivity contribution is 0.103. The Balaban J connectivity index is 1.38. The lowest BCUT2D eigenvalue weighted by Gasteiger charge is -2.12. The van der Waals surface area contributed by atoms with Crippen molar-refractivity contribution < 1.29 is 26.4 Å². The zero-order valence-corrected chi connectivity index (χ0v) is 23.8. The van der Waals surface area contributed by atoms with Crippen LogP contribution in [-0.2, 0) is 17.1 Å². The number of hydrogen-bond donors (Lipinski definition) is 2. The maximum atomic E-state index is 15.6. The molecule has 0 radical (unpaired) electrons. The van der Waals surface area contributed by atoms with Gasteiger partial charge in [0.2, 0.25) is 11.7 Å². The van der Waals surface area contributed by atoms with E-state index in [-0.39, 0.29) is 5.56 Å². The summed E-state index contributed by atoms with van der Waals surface area (Å²) in [5.41, 5.74) is 1.67. The molecule has 0 aliphatic rings. The summed E-state index contributed by atoms with van der Waals surface area (Å²) in [6.07, 6.45) is 2.89. The van der Waals surface area contributed by atoms with Crippen LogP contribution < -0.4 is 9.62 Å². The highest BCUT2D eigenvalue weighted by Gasteiger charge is 2.27. The molecule has 0 saturated carbocycles. The van der Waals surface area contributed by atoms with Gasteiger partial charge in [0.15, 0.2) is 5.82 Å². The number of halogens is 3. The van der Waals surface area contributed by atoms with Crippen molar-refractivity contribution in [3.05, 3.63) is 102 Å². The number of nitrogens with zero attached hydrogens (tertiary/aromatic N) is 4. The Bertz CT molecular complexity index is 2190. The Kier molecular flexibility index (Phi) is 6.69. The number of anilines is 2. The summed E-state index contributed by atoms with van der Waals surface area (Å²) in [5.74, 6) is -3.68. The number of ketones is 1. The highest BCUT2D eigenvalue weighted by Crippen LogP contribution is 2.32. The Morgan fingerprint density at radius 1 is 1.00 bits per heavy atom. The molecule has 0 bridgehead atoms. The van der Waals surface area contributed by atoms with E-state index in [4.69, 9.17) is 0 Å². The van der Waals surface area contributed by atoms with E-state index in [1.54, 1.807) is 12.3 Å². The molecule has 0 aliphatic heterocycles. The summed E-state index contributed by atoms with van der Waals surface area (Å²) in [6, 6.07) is 13.1. The number of rotatable bonds is 7. The van der Waals surface area contributed by atoms with Crippen molar-refractivity contribution >= 4 is 49.5 Å². The quantitative estimate of drug-likeness (QED) is 0.229.